The van der Waals surface area contributed by atoms with E-state index >= 15 is 0 Å². The van der Waals surface area contributed by atoms with Crippen LogP contribution in [-0.4, -0.2) is 54.2 Å². The second kappa shape index (κ2) is 8.28. The van der Waals surface area contributed by atoms with Crippen LogP contribution >= 0.6 is 11.3 Å². The van der Waals surface area contributed by atoms with Crippen molar-refractivity contribution in [2.75, 3.05) is 44.2 Å². The molecule has 1 fully saturated rings. The Morgan fingerprint density at radius 3 is 2.66 bits per heavy atom. The summed E-state index contributed by atoms with van der Waals surface area (Å²) in [6.45, 7) is 8.00. The smallest absolute Gasteiger partial charge is 0.141 e. The SMILES string of the molecule is CCc1nc(N2CCN(CCOc3ccccc3)CC2)c2c3c(sc2n1)CCC3. The number of anilines is 1. The lowest BCUT2D eigenvalue weighted by Crippen LogP contribution is -2.48. The number of para-hydroxylation sites is 1. The highest BCUT2D eigenvalue weighted by Gasteiger charge is 2.26. The van der Waals surface area contributed by atoms with E-state index in [0.29, 0.717) is 0 Å². The predicted molar refractivity (Wildman–Crippen MR) is 119 cm³/mol. The Labute approximate surface area is 176 Å². The molecule has 2 aliphatic rings. The fourth-order valence-electron chi connectivity index (χ4n) is 4.40. The molecule has 0 spiro atoms. The van der Waals surface area contributed by atoms with E-state index in [1.165, 1.54) is 40.9 Å². The van der Waals surface area contributed by atoms with E-state index in [4.69, 9.17) is 14.7 Å². The molecule has 1 aliphatic heterocycles. The van der Waals surface area contributed by atoms with Gasteiger partial charge in [-0.3, -0.25) is 4.90 Å². The average Bonchev–Trinajstić information content (AvgIpc) is 3.35. The van der Waals surface area contributed by atoms with Crippen LogP contribution in [0.4, 0.5) is 5.82 Å². The minimum Gasteiger partial charge on any atom is -0.492 e. The molecular formula is C23H28N4OS. The molecule has 0 atom stereocenters. The minimum absolute atomic E-state index is 0.736. The van der Waals surface area contributed by atoms with Gasteiger partial charge < -0.3 is 9.64 Å². The van der Waals surface area contributed by atoms with Crippen molar-refractivity contribution >= 4 is 27.4 Å². The number of benzene rings is 1. The molecule has 2 aromatic heterocycles. The maximum atomic E-state index is 5.87. The standard InChI is InChI=1S/C23H28N4OS/c1-2-20-24-22(21-18-9-6-10-19(18)29-23(21)25-20)27-13-11-26(12-14-27)15-16-28-17-7-4-3-5-8-17/h3-5,7-8H,2,6,9-16H2,1H3. The molecule has 6 heteroatoms. The average molecular weight is 409 g/mol. The summed E-state index contributed by atoms with van der Waals surface area (Å²) in [6.07, 6.45) is 4.57. The largest absolute Gasteiger partial charge is 0.492 e. The lowest BCUT2D eigenvalue weighted by atomic mass is 10.1. The summed E-state index contributed by atoms with van der Waals surface area (Å²) >= 11 is 1.90. The summed E-state index contributed by atoms with van der Waals surface area (Å²) in [4.78, 5) is 17.6. The molecule has 1 saturated heterocycles. The number of hydrogen-bond donors (Lipinski definition) is 0. The number of thiophene rings is 1. The summed E-state index contributed by atoms with van der Waals surface area (Å²) in [5, 5.41) is 1.35. The van der Waals surface area contributed by atoms with Crippen LogP contribution in [0.3, 0.4) is 0 Å². The molecule has 0 radical (unpaired) electrons. The number of piperazine rings is 1. The van der Waals surface area contributed by atoms with E-state index in [1.807, 2.05) is 41.7 Å². The summed E-state index contributed by atoms with van der Waals surface area (Å²) in [5.41, 5.74) is 1.53. The Hall–Kier alpha value is -2.18. The van der Waals surface area contributed by atoms with Crippen molar-refractivity contribution in [1.82, 2.24) is 14.9 Å². The number of aryl methyl sites for hydroxylation is 3. The van der Waals surface area contributed by atoms with Gasteiger partial charge in [0.2, 0.25) is 0 Å². The van der Waals surface area contributed by atoms with Gasteiger partial charge >= 0.3 is 0 Å². The first-order valence-electron chi connectivity index (χ1n) is 10.8. The first kappa shape index (κ1) is 18.8. The van der Waals surface area contributed by atoms with Gasteiger partial charge in [0.1, 0.15) is 28.8 Å². The fraction of sp³-hybridized carbons (Fsp3) is 0.478. The van der Waals surface area contributed by atoms with Gasteiger partial charge in [0.05, 0.1) is 5.39 Å². The van der Waals surface area contributed by atoms with Gasteiger partial charge in [-0.1, -0.05) is 25.1 Å². The second-order valence-electron chi connectivity index (χ2n) is 7.84. The van der Waals surface area contributed by atoms with Crippen molar-refractivity contribution in [3.63, 3.8) is 0 Å². The van der Waals surface area contributed by atoms with Gasteiger partial charge in [0.15, 0.2) is 0 Å². The van der Waals surface area contributed by atoms with Crippen molar-refractivity contribution < 1.29 is 4.74 Å². The summed E-state index contributed by atoms with van der Waals surface area (Å²) in [5.74, 6) is 3.12. The molecule has 5 rings (SSSR count). The van der Waals surface area contributed by atoms with E-state index in [1.54, 1.807) is 4.88 Å². The van der Waals surface area contributed by atoms with Crippen molar-refractivity contribution in [3.05, 3.63) is 46.6 Å². The highest BCUT2D eigenvalue weighted by atomic mass is 32.1. The molecular weight excluding hydrogens is 380 g/mol. The van der Waals surface area contributed by atoms with E-state index in [2.05, 4.69) is 16.7 Å². The first-order valence-corrected chi connectivity index (χ1v) is 11.6. The van der Waals surface area contributed by atoms with E-state index < -0.39 is 0 Å². The van der Waals surface area contributed by atoms with Crippen LogP contribution in [0.15, 0.2) is 30.3 Å². The Balaban J connectivity index is 1.26. The normalized spacial score (nSPS) is 17.1. The van der Waals surface area contributed by atoms with Crippen LogP contribution in [-0.2, 0) is 19.3 Å². The summed E-state index contributed by atoms with van der Waals surface area (Å²) in [7, 11) is 0. The molecule has 0 amide bonds. The number of aromatic nitrogens is 2. The van der Waals surface area contributed by atoms with Crippen LogP contribution < -0.4 is 9.64 Å². The Bertz CT molecular complexity index is 979. The van der Waals surface area contributed by atoms with Gasteiger partial charge in [-0.25, -0.2) is 9.97 Å². The first-order chi connectivity index (χ1) is 14.3. The maximum absolute atomic E-state index is 5.87. The van der Waals surface area contributed by atoms with Crippen LogP contribution in [0.5, 0.6) is 5.75 Å². The van der Waals surface area contributed by atoms with Crippen molar-refractivity contribution in [3.8, 4) is 5.75 Å². The fourth-order valence-corrected chi connectivity index (χ4v) is 5.67. The molecule has 1 aromatic carbocycles. The third-order valence-electron chi connectivity index (χ3n) is 6.00. The third-order valence-corrected chi connectivity index (χ3v) is 7.19. The molecule has 5 nitrogen and oxygen atoms in total. The Kier molecular flexibility index (Phi) is 5.38. The zero-order valence-electron chi connectivity index (χ0n) is 17.1. The van der Waals surface area contributed by atoms with Crippen molar-refractivity contribution in [2.45, 2.75) is 32.6 Å². The minimum atomic E-state index is 0.736. The quantitative estimate of drug-likeness (QED) is 0.618. The van der Waals surface area contributed by atoms with Gasteiger partial charge in [-0.2, -0.15) is 0 Å². The van der Waals surface area contributed by atoms with Crippen molar-refractivity contribution in [1.29, 1.82) is 0 Å². The zero-order chi connectivity index (χ0) is 19.6. The molecule has 0 bridgehead atoms. The van der Waals surface area contributed by atoms with Crippen LogP contribution in [0.2, 0.25) is 0 Å². The van der Waals surface area contributed by atoms with Gasteiger partial charge in [0.25, 0.3) is 0 Å². The lowest BCUT2D eigenvalue weighted by Gasteiger charge is -2.35. The third kappa shape index (κ3) is 3.83. The molecule has 152 valence electrons. The lowest BCUT2D eigenvalue weighted by molar-refractivity contribution is 0.200. The van der Waals surface area contributed by atoms with Crippen LogP contribution in [0.1, 0.15) is 29.6 Å². The molecule has 1 aliphatic carbocycles. The summed E-state index contributed by atoms with van der Waals surface area (Å²) in [6, 6.07) is 10.1. The maximum Gasteiger partial charge on any atom is 0.141 e. The molecule has 3 aromatic rings. The van der Waals surface area contributed by atoms with Gasteiger partial charge in [-0.15, -0.1) is 11.3 Å². The van der Waals surface area contributed by atoms with E-state index in [0.717, 1.165) is 57.3 Å². The number of fused-ring (bicyclic) bond motifs is 3. The molecule has 0 saturated carbocycles. The monoisotopic (exact) mass is 408 g/mol. The zero-order valence-corrected chi connectivity index (χ0v) is 17.9. The van der Waals surface area contributed by atoms with E-state index in [-0.39, 0.29) is 0 Å². The van der Waals surface area contributed by atoms with E-state index in [9.17, 15) is 0 Å². The number of hydrogen-bond acceptors (Lipinski definition) is 6. The number of rotatable bonds is 6. The Morgan fingerprint density at radius 2 is 1.86 bits per heavy atom. The molecule has 3 heterocycles. The topological polar surface area (TPSA) is 41.5 Å². The molecule has 0 N–H and O–H groups in total. The van der Waals surface area contributed by atoms with Gasteiger partial charge in [0, 0.05) is 44.0 Å². The number of nitrogens with zero attached hydrogens (tertiary/aromatic N) is 4. The Morgan fingerprint density at radius 1 is 1.03 bits per heavy atom. The second-order valence-corrected chi connectivity index (χ2v) is 8.93. The number of ether oxygens (including phenoxy) is 1. The van der Waals surface area contributed by atoms with Gasteiger partial charge in [-0.05, 0) is 37.0 Å². The molecule has 29 heavy (non-hydrogen) atoms. The predicted octanol–water partition coefficient (Wildman–Crippen LogP) is 3.94. The highest BCUT2D eigenvalue weighted by molar-refractivity contribution is 7.19. The summed E-state index contributed by atoms with van der Waals surface area (Å²) < 4.78 is 5.87. The van der Waals surface area contributed by atoms with Crippen LogP contribution in [0.25, 0.3) is 10.2 Å². The highest BCUT2D eigenvalue weighted by Crippen LogP contribution is 2.40. The van der Waals surface area contributed by atoms with Crippen LogP contribution in [0, 0.1) is 0 Å². The van der Waals surface area contributed by atoms with Crippen molar-refractivity contribution in [2.24, 2.45) is 0 Å². The molecule has 0 unspecified atom stereocenters.